The topological polar surface area (TPSA) is 90.0 Å². The number of amides is 1. The van der Waals surface area contributed by atoms with E-state index in [0.717, 1.165) is 15.4 Å². The highest BCUT2D eigenvalue weighted by molar-refractivity contribution is 7.89. The highest BCUT2D eigenvalue weighted by Gasteiger charge is 2.34. The Labute approximate surface area is 186 Å². The maximum Gasteiger partial charge on any atom is 0.261 e. The second-order valence-corrected chi connectivity index (χ2v) is 9.58. The van der Waals surface area contributed by atoms with Crippen molar-refractivity contribution in [1.29, 1.82) is 0 Å². The predicted molar refractivity (Wildman–Crippen MR) is 122 cm³/mol. The van der Waals surface area contributed by atoms with Gasteiger partial charge in [0.1, 0.15) is 6.04 Å². The summed E-state index contributed by atoms with van der Waals surface area (Å²) in [6.45, 7) is 1.27. The molecule has 3 aromatic rings. The molecule has 3 aromatic carbocycles. The summed E-state index contributed by atoms with van der Waals surface area (Å²) in [4.78, 5) is 14.2. The van der Waals surface area contributed by atoms with Crippen LogP contribution in [0.3, 0.4) is 0 Å². The number of halogens is 1. The van der Waals surface area contributed by atoms with Crippen molar-refractivity contribution in [2.24, 2.45) is 0 Å². The number of carbonyl (C=O) groups excluding carboxylic acids is 1. The van der Waals surface area contributed by atoms with Crippen LogP contribution in [0.5, 0.6) is 0 Å². The fourth-order valence-electron chi connectivity index (χ4n) is 3.45. The quantitative estimate of drug-likeness (QED) is 0.414. The largest absolute Gasteiger partial charge is 0.377 e. The van der Waals surface area contributed by atoms with E-state index in [1.54, 1.807) is 47.9 Å². The molecule has 0 saturated carbocycles. The van der Waals surface area contributed by atoms with Crippen LogP contribution >= 0.6 is 11.6 Å². The first-order valence-corrected chi connectivity index (χ1v) is 11.4. The number of fused-ring (bicyclic) bond motifs is 1. The first kappa shape index (κ1) is 23.0. The zero-order valence-corrected chi connectivity index (χ0v) is 19.0. The number of nitrogens with zero attached hydrogens (tertiary/aromatic N) is 2. The minimum absolute atomic E-state index is 0.0679. The van der Waals surface area contributed by atoms with Gasteiger partial charge < -0.3 is 4.90 Å². The summed E-state index contributed by atoms with van der Waals surface area (Å²) in [5, 5.41) is 10.8. The summed E-state index contributed by atoms with van der Waals surface area (Å²) in [6, 6.07) is 16.1. The molecule has 164 valence electrons. The van der Waals surface area contributed by atoms with Crippen LogP contribution < -0.4 is 10.4 Å². The van der Waals surface area contributed by atoms with Crippen LogP contribution in [0.15, 0.2) is 65.6 Å². The van der Waals surface area contributed by atoms with Gasteiger partial charge in [0.15, 0.2) is 0 Å². The van der Waals surface area contributed by atoms with E-state index in [-0.39, 0.29) is 11.4 Å². The van der Waals surface area contributed by atoms with E-state index in [9.17, 15) is 13.2 Å². The van der Waals surface area contributed by atoms with E-state index in [0.29, 0.717) is 16.0 Å². The maximum absolute atomic E-state index is 13.8. The summed E-state index contributed by atoms with van der Waals surface area (Å²) < 4.78 is 28.7. The van der Waals surface area contributed by atoms with Crippen molar-refractivity contribution in [3.05, 3.63) is 71.2 Å². The summed E-state index contributed by atoms with van der Waals surface area (Å²) in [7, 11) is -0.391. The van der Waals surface area contributed by atoms with Gasteiger partial charge in [-0.1, -0.05) is 54.1 Å². The lowest BCUT2D eigenvalue weighted by Crippen LogP contribution is -2.46. The van der Waals surface area contributed by atoms with Crippen LogP contribution in [0.4, 0.5) is 5.69 Å². The van der Waals surface area contributed by atoms with E-state index >= 15 is 0 Å². The summed E-state index contributed by atoms with van der Waals surface area (Å²) in [5.41, 5.74) is 2.96. The number of nitrogens with one attached hydrogen (secondary N) is 1. The Kier molecular flexibility index (Phi) is 6.86. The van der Waals surface area contributed by atoms with Gasteiger partial charge in [0, 0.05) is 42.1 Å². The van der Waals surface area contributed by atoms with Crippen molar-refractivity contribution in [2.45, 2.75) is 24.4 Å². The zero-order valence-electron chi connectivity index (χ0n) is 17.4. The van der Waals surface area contributed by atoms with Gasteiger partial charge in [-0.15, -0.1) is 0 Å². The molecule has 0 spiro atoms. The number of hydrogen-bond donors (Lipinski definition) is 2. The van der Waals surface area contributed by atoms with Crippen molar-refractivity contribution < 1.29 is 18.4 Å². The molecule has 1 amide bonds. The van der Waals surface area contributed by atoms with E-state index in [2.05, 4.69) is 0 Å². The van der Waals surface area contributed by atoms with E-state index < -0.39 is 22.0 Å². The Morgan fingerprint density at radius 2 is 1.68 bits per heavy atom. The Morgan fingerprint density at radius 1 is 1.03 bits per heavy atom. The molecule has 0 heterocycles. The first-order valence-electron chi connectivity index (χ1n) is 9.56. The molecule has 31 heavy (non-hydrogen) atoms. The summed E-state index contributed by atoms with van der Waals surface area (Å²) >= 11 is 6.26. The number of rotatable bonds is 7. The third-order valence-corrected chi connectivity index (χ3v) is 7.48. The van der Waals surface area contributed by atoms with Crippen LogP contribution in [-0.2, 0) is 21.4 Å². The third-order valence-electron chi connectivity index (χ3n) is 5.13. The molecule has 0 aromatic heterocycles. The molecule has 2 N–H and O–H groups in total. The molecule has 0 aliphatic heterocycles. The average molecular weight is 462 g/mol. The Balaban J connectivity index is 2.20. The molecule has 1 atom stereocenters. The van der Waals surface area contributed by atoms with Gasteiger partial charge in [0.2, 0.25) is 10.0 Å². The minimum atomic E-state index is -4.16. The number of benzene rings is 3. The van der Waals surface area contributed by atoms with Gasteiger partial charge >= 0.3 is 0 Å². The average Bonchev–Trinajstić information content (AvgIpc) is 2.76. The van der Waals surface area contributed by atoms with E-state index in [1.807, 2.05) is 31.1 Å². The Hall–Kier alpha value is -2.65. The van der Waals surface area contributed by atoms with Crippen molar-refractivity contribution in [3.63, 3.8) is 0 Å². The lowest BCUT2D eigenvalue weighted by atomic mass is 10.1. The second-order valence-electron chi connectivity index (χ2n) is 7.32. The SMILES string of the molecule is CC(C(=O)NO)N(Cc1ccccc1Cl)S(=O)(=O)c1cccc2c(N(C)C)cccc12. The fourth-order valence-corrected chi connectivity index (χ4v) is 5.43. The number of carbonyl (C=O) groups is 1. The molecule has 3 rings (SSSR count). The molecule has 0 aliphatic rings. The molecule has 0 saturated heterocycles. The molecule has 0 aliphatic carbocycles. The van der Waals surface area contributed by atoms with E-state index in [4.69, 9.17) is 16.8 Å². The van der Waals surface area contributed by atoms with Gasteiger partial charge in [-0.25, -0.2) is 13.9 Å². The third kappa shape index (κ3) is 4.52. The van der Waals surface area contributed by atoms with Crippen molar-refractivity contribution in [1.82, 2.24) is 9.79 Å². The summed E-state index contributed by atoms with van der Waals surface area (Å²) in [6.07, 6.45) is 0. The maximum atomic E-state index is 13.8. The molecule has 0 fully saturated rings. The highest BCUT2D eigenvalue weighted by atomic mass is 35.5. The number of anilines is 1. The van der Waals surface area contributed by atoms with E-state index in [1.165, 1.54) is 13.0 Å². The fraction of sp³-hybridized carbons (Fsp3) is 0.227. The standard InChI is InChI=1S/C22H24ClN3O4S/c1-15(22(27)24-28)26(14-16-8-4-5-11-19(16)23)31(29,30)21-13-7-9-17-18(21)10-6-12-20(17)25(2)3/h4-13,15,28H,14H2,1-3H3,(H,24,27). The van der Waals surface area contributed by atoms with Crippen molar-refractivity contribution in [3.8, 4) is 0 Å². The minimum Gasteiger partial charge on any atom is -0.377 e. The Morgan fingerprint density at radius 3 is 2.32 bits per heavy atom. The van der Waals surface area contributed by atoms with Gasteiger partial charge in [0.25, 0.3) is 5.91 Å². The molecular weight excluding hydrogens is 438 g/mol. The van der Waals surface area contributed by atoms with Gasteiger partial charge in [-0.3, -0.25) is 10.0 Å². The monoisotopic (exact) mass is 461 g/mol. The first-order chi connectivity index (χ1) is 14.7. The smallest absolute Gasteiger partial charge is 0.261 e. The molecule has 0 bridgehead atoms. The van der Waals surface area contributed by atoms with Crippen LogP contribution in [0.25, 0.3) is 10.8 Å². The molecule has 9 heteroatoms. The number of sulfonamides is 1. The van der Waals surface area contributed by atoms with Crippen LogP contribution in [0, 0.1) is 0 Å². The molecule has 1 unspecified atom stereocenters. The van der Waals surface area contributed by atoms with Gasteiger partial charge in [-0.05, 0) is 30.7 Å². The van der Waals surface area contributed by atoms with Crippen LogP contribution in [-0.4, -0.2) is 44.0 Å². The predicted octanol–water partition coefficient (Wildman–Crippen LogP) is 3.64. The van der Waals surface area contributed by atoms with Crippen LogP contribution in [0.1, 0.15) is 12.5 Å². The lowest BCUT2D eigenvalue weighted by molar-refractivity contribution is -0.132. The second kappa shape index (κ2) is 9.23. The number of hydrogen-bond acceptors (Lipinski definition) is 5. The zero-order chi connectivity index (χ0) is 22.8. The Bertz CT molecular complexity index is 1210. The van der Waals surface area contributed by atoms with Crippen LogP contribution in [0.2, 0.25) is 5.02 Å². The lowest BCUT2D eigenvalue weighted by Gasteiger charge is -2.28. The van der Waals surface area contributed by atoms with Gasteiger partial charge in [0.05, 0.1) is 4.90 Å². The molecule has 7 nitrogen and oxygen atoms in total. The summed E-state index contributed by atoms with van der Waals surface area (Å²) in [5.74, 6) is -0.843. The van der Waals surface area contributed by atoms with Gasteiger partial charge in [-0.2, -0.15) is 4.31 Å². The number of hydroxylamine groups is 1. The van der Waals surface area contributed by atoms with Crippen molar-refractivity contribution >= 4 is 44.0 Å². The molecular formula is C22H24ClN3O4S. The van der Waals surface area contributed by atoms with Crippen molar-refractivity contribution in [2.75, 3.05) is 19.0 Å². The molecule has 0 radical (unpaired) electrons. The normalized spacial score (nSPS) is 12.7. The highest BCUT2D eigenvalue weighted by Crippen LogP contribution is 2.33.